The SMILES string of the molecule is COc1cc(C2/C(=C(\O)c3cc(C)c4c(c3)CC(C)O4)C(=O)C(=O)N2c2nc3ccc(C)cc3s2)ccc1OCc1ccccc1. The van der Waals surface area contributed by atoms with E-state index in [4.69, 9.17) is 19.2 Å². The molecule has 4 aromatic carbocycles. The summed E-state index contributed by atoms with van der Waals surface area (Å²) in [4.78, 5) is 33.9. The summed E-state index contributed by atoms with van der Waals surface area (Å²) in [5.74, 6) is -0.0766. The van der Waals surface area contributed by atoms with Gasteiger partial charge in [0.05, 0.1) is 28.9 Å². The molecule has 46 heavy (non-hydrogen) atoms. The van der Waals surface area contributed by atoms with Crippen LogP contribution >= 0.6 is 11.3 Å². The van der Waals surface area contributed by atoms with Crippen molar-refractivity contribution in [1.29, 1.82) is 0 Å². The maximum Gasteiger partial charge on any atom is 0.301 e. The van der Waals surface area contributed by atoms with Crippen molar-refractivity contribution in [2.24, 2.45) is 0 Å². The maximum atomic E-state index is 13.9. The Balaban J connectivity index is 1.36. The fourth-order valence-corrected chi connectivity index (χ4v) is 7.28. The Morgan fingerprint density at radius 3 is 2.61 bits per heavy atom. The van der Waals surface area contributed by atoms with Gasteiger partial charge in [0.25, 0.3) is 5.78 Å². The number of hydrogen-bond acceptors (Lipinski definition) is 8. The van der Waals surface area contributed by atoms with E-state index in [0.717, 1.165) is 38.2 Å². The third kappa shape index (κ3) is 5.16. The van der Waals surface area contributed by atoms with Crippen LogP contribution in [0.25, 0.3) is 16.0 Å². The molecule has 0 aliphatic carbocycles. The van der Waals surface area contributed by atoms with E-state index in [-0.39, 0.29) is 17.4 Å². The molecule has 232 valence electrons. The van der Waals surface area contributed by atoms with E-state index >= 15 is 0 Å². The number of nitrogens with zero attached hydrogens (tertiary/aromatic N) is 2. The van der Waals surface area contributed by atoms with Gasteiger partial charge in [-0.15, -0.1) is 0 Å². The minimum Gasteiger partial charge on any atom is -0.507 e. The number of aryl methyl sites for hydroxylation is 2. The summed E-state index contributed by atoms with van der Waals surface area (Å²) in [6, 6.07) is 23.6. The zero-order valence-electron chi connectivity index (χ0n) is 25.9. The van der Waals surface area contributed by atoms with E-state index in [2.05, 4.69) is 0 Å². The summed E-state index contributed by atoms with van der Waals surface area (Å²) in [6.45, 7) is 6.22. The second-order valence-electron chi connectivity index (χ2n) is 11.7. The minimum atomic E-state index is -0.970. The first-order valence-corrected chi connectivity index (χ1v) is 15.9. The van der Waals surface area contributed by atoms with Crippen molar-refractivity contribution < 1.29 is 28.9 Å². The highest BCUT2D eigenvalue weighted by Crippen LogP contribution is 2.46. The number of aliphatic hydroxyl groups is 1. The first kappa shape index (κ1) is 29.6. The molecule has 2 aliphatic rings. The van der Waals surface area contributed by atoms with Crippen molar-refractivity contribution in [3.63, 3.8) is 0 Å². The van der Waals surface area contributed by atoms with Gasteiger partial charge in [0.1, 0.15) is 24.2 Å². The third-order valence-electron chi connectivity index (χ3n) is 8.38. The number of thiazole rings is 1. The number of benzene rings is 4. The number of aromatic nitrogens is 1. The van der Waals surface area contributed by atoms with Crippen molar-refractivity contribution in [3.05, 3.63) is 118 Å². The van der Waals surface area contributed by atoms with E-state index in [9.17, 15) is 14.7 Å². The molecule has 3 heterocycles. The molecule has 1 aromatic heterocycles. The van der Waals surface area contributed by atoms with Gasteiger partial charge >= 0.3 is 5.91 Å². The molecule has 2 unspecified atom stereocenters. The highest BCUT2D eigenvalue weighted by molar-refractivity contribution is 7.22. The number of Topliss-reactive ketones (excluding diaryl/α,β-unsaturated/α-hetero) is 1. The van der Waals surface area contributed by atoms with Gasteiger partial charge in [0.2, 0.25) is 0 Å². The fraction of sp³-hybridized carbons (Fsp3) is 0.216. The predicted octanol–water partition coefficient (Wildman–Crippen LogP) is 7.45. The topological polar surface area (TPSA) is 98.2 Å². The van der Waals surface area contributed by atoms with Gasteiger partial charge in [0.15, 0.2) is 16.6 Å². The lowest BCUT2D eigenvalue weighted by Gasteiger charge is -2.24. The average molecular weight is 633 g/mol. The zero-order valence-corrected chi connectivity index (χ0v) is 26.7. The second-order valence-corrected chi connectivity index (χ2v) is 12.7. The van der Waals surface area contributed by atoms with E-state index in [1.165, 1.54) is 23.3 Å². The lowest BCUT2D eigenvalue weighted by atomic mass is 9.93. The fourth-order valence-electron chi connectivity index (χ4n) is 6.19. The summed E-state index contributed by atoms with van der Waals surface area (Å²) < 4.78 is 18.7. The molecule has 9 heteroatoms. The highest BCUT2D eigenvalue weighted by atomic mass is 32.1. The minimum absolute atomic E-state index is 0.00874. The molecule has 0 saturated carbocycles. The van der Waals surface area contributed by atoms with Crippen LogP contribution in [0.2, 0.25) is 0 Å². The lowest BCUT2D eigenvalue weighted by Crippen LogP contribution is -2.29. The average Bonchev–Trinajstić information content (AvgIpc) is 3.72. The van der Waals surface area contributed by atoms with Gasteiger partial charge < -0.3 is 19.3 Å². The van der Waals surface area contributed by atoms with Crippen LogP contribution in [-0.4, -0.2) is 35.0 Å². The van der Waals surface area contributed by atoms with Crippen LogP contribution in [0.3, 0.4) is 0 Å². The number of aliphatic hydroxyl groups excluding tert-OH is 1. The van der Waals surface area contributed by atoms with E-state index < -0.39 is 17.7 Å². The smallest absolute Gasteiger partial charge is 0.301 e. The van der Waals surface area contributed by atoms with Crippen LogP contribution in [-0.2, 0) is 22.6 Å². The molecule has 1 saturated heterocycles. The number of carbonyl (C=O) groups is 2. The molecule has 2 atom stereocenters. The van der Waals surface area contributed by atoms with Crippen LogP contribution in [0, 0.1) is 13.8 Å². The van der Waals surface area contributed by atoms with Crippen LogP contribution in [0.4, 0.5) is 5.13 Å². The van der Waals surface area contributed by atoms with Crippen molar-refractivity contribution in [2.75, 3.05) is 12.0 Å². The molecule has 0 radical (unpaired) electrons. The number of ether oxygens (including phenoxy) is 3. The van der Waals surface area contributed by atoms with Gasteiger partial charge in [0, 0.05) is 12.0 Å². The number of carbonyl (C=O) groups excluding carboxylic acids is 2. The summed E-state index contributed by atoms with van der Waals surface area (Å²) in [7, 11) is 1.54. The third-order valence-corrected chi connectivity index (χ3v) is 9.39. The molecule has 1 amide bonds. The molecule has 0 bridgehead atoms. The summed E-state index contributed by atoms with van der Waals surface area (Å²) >= 11 is 1.33. The van der Waals surface area contributed by atoms with Crippen molar-refractivity contribution in [2.45, 2.75) is 45.9 Å². The normalized spacial score (nSPS) is 18.6. The largest absolute Gasteiger partial charge is 0.507 e. The summed E-state index contributed by atoms with van der Waals surface area (Å²) in [6.07, 6.45) is 0.691. The lowest BCUT2D eigenvalue weighted by molar-refractivity contribution is -0.132. The quantitative estimate of drug-likeness (QED) is 0.113. The summed E-state index contributed by atoms with van der Waals surface area (Å²) in [5.41, 5.74) is 5.56. The summed E-state index contributed by atoms with van der Waals surface area (Å²) in [5, 5.41) is 12.2. The molecule has 7 rings (SSSR count). The Kier molecular flexibility index (Phi) is 7.49. The van der Waals surface area contributed by atoms with Crippen molar-refractivity contribution in [3.8, 4) is 17.2 Å². The van der Waals surface area contributed by atoms with Crippen LogP contribution in [0.5, 0.6) is 17.2 Å². The molecule has 1 fully saturated rings. The Morgan fingerprint density at radius 2 is 1.83 bits per heavy atom. The number of anilines is 1. The van der Waals surface area contributed by atoms with Gasteiger partial charge in [-0.1, -0.05) is 53.8 Å². The van der Waals surface area contributed by atoms with Gasteiger partial charge in [-0.3, -0.25) is 14.5 Å². The van der Waals surface area contributed by atoms with Crippen LogP contribution < -0.4 is 19.1 Å². The number of ketones is 1. The number of hydrogen-bond donors (Lipinski definition) is 1. The zero-order chi connectivity index (χ0) is 32.1. The van der Waals surface area contributed by atoms with Crippen LogP contribution in [0.1, 0.15) is 46.3 Å². The maximum absolute atomic E-state index is 13.9. The number of rotatable bonds is 7. The Bertz CT molecular complexity index is 2050. The first-order chi connectivity index (χ1) is 22.2. The number of methoxy groups -OCH3 is 1. The monoisotopic (exact) mass is 632 g/mol. The van der Waals surface area contributed by atoms with Gasteiger partial charge in [-0.25, -0.2) is 4.98 Å². The molecule has 0 spiro atoms. The van der Waals surface area contributed by atoms with Crippen molar-refractivity contribution >= 4 is 44.1 Å². The van der Waals surface area contributed by atoms with E-state index in [1.54, 1.807) is 24.3 Å². The number of fused-ring (bicyclic) bond motifs is 2. The molecular weight excluding hydrogens is 600 g/mol. The Labute approximate surface area is 270 Å². The Morgan fingerprint density at radius 1 is 1.02 bits per heavy atom. The molecule has 2 aliphatic heterocycles. The van der Waals surface area contributed by atoms with E-state index in [1.807, 2.05) is 75.4 Å². The van der Waals surface area contributed by atoms with Crippen LogP contribution in [0.15, 0.2) is 84.4 Å². The standard InChI is InChI=1S/C37H32N2O6S/c1-20-10-12-27-30(14-20)46-37(38-27)39-32(24-11-13-28(29(18-24)43-4)44-19-23-8-6-5-7-9-23)31(34(41)36(39)42)33(40)25-15-21(2)35-26(17-25)16-22(3)45-35/h5-15,17-18,22,32,40H,16,19H2,1-4H3/b33-31+. The second kappa shape index (κ2) is 11.7. The molecule has 5 aromatic rings. The van der Waals surface area contributed by atoms with E-state index in [0.29, 0.717) is 40.8 Å². The number of amides is 1. The van der Waals surface area contributed by atoms with Gasteiger partial charge in [-0.2, -0.15) is 0 Å². The molecule has 8 nitrogen and oxygen atoms in total. The Hall–Kier alpha value is -5.15. The molecule has 1 N–H and O–H groups in total. The highest BCUT2D eigenvalue weighted by Gasteiger charge is 2.48. The molecular formula is C37H32N2O6S. The predicted molar refractivity (Wildman–Crippen MR) is 178 cm³/mol. The van der Waals surface area contributed by atoms with Crippen molar-refractivity contribution in [1.82, 2.24) is 4.98 Å². The van der Waals surface area contributed by atoms with Gasteiger partial charge in [-0.05, 0) is 85.0 Å². The first-order valence-electron chi connectivity index (χ1n) is 15.0.